The zero-order valence-electron chi connectivity index (χ0n) is 6.92. The van der Waals surface area contributed by atoms with Crippen LogP contribution in [0.15, 0.2) is 18.2 Å². The van der Waals surface area contributed by atoms with Crippen molar-refractivity contribution in [3.05, 3.63) is 29.8 Å². The molecule has 1 radical (unpaired) electrons. The van der Waals surface area contributed by atoms with Gasteiger partial charge in [-0.1, -0.05) is 6.92 Å². The summed E-state index contributed by atoms with van der Waals surface area (Å²) in [7, 11) is 0. The molecule has 1 aromatic rings. The van der Waals surface area contributed by atoms with Crippen LogP contribution in [0, 0.1) is 13.0 Å². The maximum atomic E-state index is 5.23. The Morgan fingerprint density at radius 1 is 1.45 bits per heavy atom. The monoisotopic (exact) mass is 224 g/mol. The fourth-order valence-electron chi connectivity index (χ4n) is 0.745. The van der Waals surface area contributed by atoms with Crippen LogP contribution in [0.2, 0.25) is 0 Å². The molecule has 0 aromatic heterocycles. The summed E-state index contributed by atoms with van der Waals surface area (Å²) in [6.45, 7) is 4.70. The molecule has 0 saturated heterocycles. The Kier molecular flexibility index (Phi) is 5.80. The van der Waals surface area contributed by atoms with Gasteiger partial charge in [0.2, 0.25) is 0 Å². The van der Waals surface area contributed by atoms with Crippen LogP contribution in [0.3, 0.4) is 0 Å². The van der Waals surface area contributed by atoms with E-state index in [0.717, 1.165) is 17.9 Å². The Morgan fingerprint density at radius 2 is 2.18 bits per heavy atom. The Hall–Kier alpha value is 0.124. The minimum atomic E-state index is 0. The molecule has 0 heterocycles. The van der Waals surface area contributed by atoms with Crippen molar-refractivity contribution in [2.24, 2.45) is 0 Å². The molecule has 0 atom stereocenters. The van der Waals surface area contributed by atoms with Gasteiger partial charge in [-0.3, -0.25) is 0 Å². The molecule has 0 aliphatic heterocycles. The summed E-state index contributed by atoms with van der Waals surface area (Å²) in [6.07, 6.45) is 0. The molecule has 1 rings (SSSR count). The summed E-state index contributed by atoms with van der Waals surface area (Å²) in [5, 5.41) is 0. The number of ether oxygens (including phenoxy) is 1. The van der Waals surface area contributed by atoms with Crippen LogP contribution in [-0.2, 0) is 32.7 Å². The summed E-state index contributed by atoms with van der Waals surface area (Å²) in [6, 6.07) is 8.86. The zero-order valence-corrected chi connectivity index (χ0v) is 9.76. The van der Waals surface area contributed by atoms with E-state index in [1.165, 1.54) is 0 Å². The normalized spacial score (nSPS) is 8.55. The van der Waals surface area contributed by atoms with Crippen molar-refractivity contribution in [3.63, 3.8) is 0 Å². The molecular weight excluding hydrogens is 213 g/mol. The Morgan fingerprint density at radius 3 is 2.64 bits per heavy atom. The van der Waals surface area contributed by atoms with Crippen molar-refractivity contribution in [1.29, 1.82) is 0 Å². The quantitative estimate of drug-likeness (QED) is 0.699. The largest absolute Gasteiger partial charge is 0.551 e. The maximum Gasteiger partial charge on any atom is 0.0686 e. The minimum absolute atomic E-state index is 0. The van der Waals surface area contributed by atoms with Gasteiger partial charge in [0.05, 0.1) is 6.61 Å². The van der Waals surface area contributed by atoms with E-state index in [0.29, 0.717) is 0 Å². The molecule has 0 N–H and O–H groups in total. The number of hydrogen-bond donors (Lipinski definition) is 0. The standard InChI is InChI=1S/C9H11O.Y/c1-3-10-9-6-4-8(2)5-7-9;/h4,6-7H,3H2,1-2H3;/q-1;. The van der Waals surface area contributed by atoms with Crippen molar-refractivity contribution >= 4 is 0 Å². The second kappa shape index (κ2) is 5.73. The van der Waals surface area contributed by atoms with Gasteiger partial charge in [0.1, 0.15) is 0 Å². The van der Waals surface area contributed by atoms with Gasteiger partial charge in [-0.2, -0.15) is 17.7 Å². The molecule has 0 unspecified atom stereocenters. The van der Waals surface area contributed by atoms with Crippen molar-refractivity contribution < 1.29 is 37.4 Å². The molecule has 0 amide bonds. The molecular formula is C9H11OY-. The van der Waals surface area contributed by atoms with E-state index in [1.54, 1.807) is 0 Å². The summed E-state index contributed by atoms with van der Waals surface area (Å²) in [5.41, 5.74) is 1.14. The first-order chi connectivity index (χ1) is 4.83. The average Bonchev–Trinajstić information content (AvgIpc) is 1.95. The minimum Gasteiger partial charge on any atom is -0.551 e. The number of rotatable bonds is 2. The van der Waals surface area contributed by atoms with Crippen molar-refractivity contribution in [2.45, 2.75) is 13.8 Å². The van der Waals surface area contributed by atoms with Crippen LogP contribution in [-0.4, -0.2) is 6.61 Å². The van der Waals surface area contributed by atoms with E-state index in [4.69, 9.17) is 4.74 Å². The van der Waals surface area contributed by atoms with Gasteiger partial charge in [-0.05, 0) is 6.92 Å². The van der Waals surface area contributed by atoms with Gasteiger partial charge in [0.25, 0.3) is 0 Å². The fraction of sp³-hybridized carbons (Fsp3) is 0.333. The summed E-state index contributed by atoms with van der Waals surface area (Å²) >= 11 is 0. The summed E-state index contributed by atoms with van der Waals surface area (Å²) in [5.74, 6) is 0.896. The van der Waals surface area contributed by atoms with Gasteiger partial charge in [-0.15, -0.1) is 12.1 Å². The Labute approximate surface area is 93.0 Å². The van der Waals surface area contributed by atoms with Crippen LogP contribution in [0.4, 0.5) is 0 Å². The molecule has 1 nitrogen and oxygen atoms in total. The molecule has 2 heteroatoms. The Balaban J connectivity index is 0.000001000. The molecule has 11 heavy (non-hydrogen) atoms. The first-order valence-electron chi connectivity index (χ1n) is 3.44. The topological polar surface area (TPSA) is 9.23 Å². The van der Waals surface area contributed by atoms with Crippen LogP contribution < -0.4 is 4.74 Å². The van der Waals surface area contributed by atoms with E-state index in [2.05, 4.69) is 6.07 Å². The SMILES string of the molecule is CCOc1c[c-]c(C)cc1.[Y]. The van der Waals surface area contributed by atoms with Crippen LogP contribution >= 0.6 is 0 Å². The van der Waals surface area contributed by atoms with Crippen molar-refractivity contribution in [3.8, 4) is 5.75 Å². The van der Waals surface area contributed by atoms with Gasteiger partial charge in [-0.25, -0.2) is 0 Å². The number of benzene rings is 1. The third-order valence-electron chi connectivity index (χ3n) is 1.25. The first kappa shape index (κ1) is 11.1. The van der Waals surface area contributed by atoms with E-state index in [-0.39, 0.29) is 32.7 Å². The predicted octanol–water partition coefficient (Wildman–Crippen LogP) is 2.19. The molecule has 0 saturated carbocycles. The molecule has 1 aromatic carbocycles. The second-order valence-electron chi connectivity index (χ2n) is 2.14. The van der Waals surface area contributed by atoms with E-state index in [9.17, 15) is 0 Å². The predicted molar refractivity (Wildman–Crippen MR) is 41.2 cm³/mol. The van der Waals surface area contributed by atoms with Gasteiger partial charge in [0, 0.05) is 38.5 Å². The van der Waals surface area contributed by atoms with Crippen LogP contribution in [0.5, 0.6) is 5.75 Å². The van der Waals surface area contributed by atoms with Gasteiger partial charge in [0.15, 0.2) is 0 Å². The molecule has 0 fully saturated rings. The van der Waals surface area contributed by atoms with E-state index < -0.39 is 0 Å². The van der Waals surface area contributed by atoms with Crippen molar-refractivity contribution in [2.75, 3.05) is 6.61 Å². The third-order valence-corrected chi connectivity index (χ3v) is 1.25. The van der Waals surface area contributed by atoms with Gasteiger partial charge >= 0.3 is 0 Å². The molecule has 0 spiro atoms. The van der Waals surface area contributed by atoms with Crippen molar-refractivity contribution in [1.82, 2.24) is 0 Å². The smallest absolute Gasteiger partial charge is 0.0686 e. The second-order valence-corrected chi connectivity index (χ2v) is 2.14. The van der Waals surface area contributed by atoms with E-state index in [1.807, 2.05) is 32.0 Å². The zero-order chi connectivity index (χ0) is 7.40. The Bertz CT molecular complexity index is 193. The summed E-state index contributed by atoms with van der Waals surface area (Å²) in [4.78, 5) is 0. The van der Waals surface area contributed by atoms with E-state index >= 15 is 0 Å². The third kappa shape index (κ3) is 3.88. The van der Waals surface area contributed by atoms with Crippen LogP contribution in [0.1, 0.15) is 12.5 Å². The number of hydrogen-bond acceptors (Lipinski definition) is 1. The first-order valence-corrected chi connectivity index (χ1v) is 3.44. The maximum absolute atomic E-state index is 5.23. The summed E-state index contributed by atoms with van der Waals surface area (Å²) < 4.78 is 5.23. The fourth-order valence-corrected chi connectivity index (χ4v) is 0.745. The average molecular weight is 224 g/mol. The molecule has 0 aliphatic rings. The molecule has 57 valence electrons. The van der Waals surface area contributed by atoms with Gasteiger partial charge < -0.3 is 4.74 Å². The molecule has 0 aliphatic carbocycles. The number of aryl methyl sites for hydroxylation is 1. The van der Waals surface area contributed by atoms with Crippen LogP contribution in [0.25, 0.3) is 0 Å². The molecule has 0 bridgehead atoms.